The molecule has 0 saturated heterocycles. The molecule has 0 amide bonds. The number of rotatable bonds is 0. The fourth-order valence-corrected chi connectivity index (χ4v) is 3.00. The van der Waals surface area contributed by atoms with Crippen molar-refractivity contribution in [3.63, 3.8) is 0 Å². The van der Waals surface area contributed by atoms with Crippen LogP contribution in [0.1, 0.15) is 42.5 Å². The molecule has 2 atom stereocenters. The minimum atomic E-state index is 0.314. The molecular formula is C15H20O2. The second-order valence-electron chi connectivity index (χ2n) is 5.47. The summed E-state index contributed by atoms with van der Waals surface area (Å²) in [5.41, 5.74) is 5.34. The van der Waals surface area contributed by atoms with Crippen LogP contribution in [0.5, 0.6) is 11.5 Å². The lowest BCUT2D eigenvalue weighted by Crippen LogP contribution is -2.21. The predicted molar refractivity (Wildman–Crippen MR) is 68.1 cm³/mol. The Labute approximate surface area is 103 Å². The fourth-order valence-electron chi connectivity index (χ4n) is 3.00. The van der Waals surface area contributed by atoms with Gasteiger partial charge >= 0.3 is 0 Å². The summed E-state index contributed by atoms with van der Waals surface area (Å²) in [6.45, 7) is 8.60. The van der Waals surface area contributed by atoms with Gasteiger partial charge in [0.2, 0.25) is 0 Å². The molecule has 2 aliphatic heterocycles. The monoisotopic (exact) mass is 232 g/mol. The van der Waals surface area contributed by atoms with Crippen LogP contribution in [0.2, 0.25) is 0 Å². The number of hydrogen-bond donors (Lipinski definition) is 0. The lowest BCUT2D eigenvalue weighted by atomic mass is 9.90. The average molecular weight is 232 g/mol. The highest BCUT2D eigenvalue weighted by Crippen LogP contribution is 2.45. The molecule has 0 saturated carbocycles. The molecule has 0 aliphatic carbocycles. The average Bonchev–Trinajstić information content (AvgIpc) is 2.68. The molecule has 2 aliphatic rings. The molecule has 17 heavy (non-hydrogen) atoms. The maximum absolute atomic E-state index is 6.05. The summed E-state index contributed by atoms with van der Waals surface area (Å²) in [6.07, 6.45) is 3.95. The van der Waals surface area contributed by atoms with Crippen LogP contribution in [0.25, 0.3) is 0 Å². The van der Waals surface area contributed by atoms with Gasteiger partial charge in [-0.2, -0.15) is 0 Å². The second kappa shape index (κ2) is 3.66. The van der Waals surface area contributed by atoms with Gasteiger partial charge in [-0.1, -0.05) is 0 Å². The van der Waals surface area contributed by atoms with Crippen molar-refractivity contribution in [1.29, 1.82) is 0 Å². The highest BCUT2D eigenvalue weighted by Gasteiger charge is 2.31. The molecule has 92 valence electrons. The van der Waals surface area contributed by atoms with Crippen LogP contribution in [-0.4, -0.2) is 12.2 Å². The van der Waals surface area contributed by atoms with E-state index in [0.29, 0.717) is 12.2 Å². The van der Waals surface area contributed by atoms with Crippen molar-refractivity contribution in [2.24, 2.45) is 0 Å². The summed E-state index contributed by atoms with van der Waals surface area (Å²) < 4.78 is 12.0. The molecular weight excluding hydrogens is 212 g/mol. The van der Waals surface area contributed by atoms with Crippen molar-refractivity contribution in [3.8, 4) is 11.5 Å². The Hall–Kier alpha value is -1.18. The van der Waals surface area contributed by atoms with E-state index in [9.17, 15) is 0 Å². The summed E-state index contributed by atoms with van der Waals surface area (Å²) in [5, 5.41) is 0. The van der Waals surface area contributed by atoms with E-state index in [4.69, 9.17) is 9.47 Å². The number of fused-ring (bicyclic) bond motifs is 3. The molecule has 2 heteroatoms. The molecule has 0 N–H and O–H groups in total. The van der Waals surface area contributed by atoms with Crippen LogP contribution in [0.4, 0.5) is 0 Å². The van der Waals surface area contributed by atoms with E-state index in [0.717, 1.165) is 30.8 Å². The molecule has 2 nitrogen and oxygen atoms in total. The predicted octanol–water partition coefficient (Wildman–Crippen LogP) is 3.34. The SMILES string of the molecule is Cc1c(C)c2c(c3c1OC(C)CC3)CC(C)O2. The Bertz CT molecular complexity index is 473. The summed E-state index contributed by atoms with van der Waals surface area (Å²) >= 11 is 0. The van der Waals surface area contributed by atoms with Gasteiger partial charge in [0.15, 0.2) is 0 Å². The second-order valence-corrected chi connectivity index (χ2v) is 5.47. The molecule has 0 radical (unpaired) electrons. The zero-order valence-electron chi connectivity index (χ0n) is 11.1. The first-order valence-electron chi connectivity index (χ1n) is 6.56. The van der Waals surface area contributed by atoms with Gasteiger partial charge < -0.3 is 9.47 Å². The zero-order valence-corrected chi connectivity index (χ0v) is 11.1. The molecule has 2 heterocycles. The standard InChI is InChI=1S/C15H20O2/c1-8-5-6-12-13-7-9(2)17-15(13)11(4)10(3)14(12)16-8/h8-9H,5-7H2,1-4H3. The van der Waals surface area contributed by atoms with Gasteiger partial charge in [0, 0.05) is 17.5 Å². The fraction of sp³-hybridized carbons (Fsp3) is 0.600. The van der Waals surface area contributed by atoms with Crippen LogP contribution in [0.15, 0.2) is 0 Å². The van der Waals surface area contributed by atoms with Gasteiger partial charge in [0.25, 0.3) is 0 Å². The van der Waals surface area contributed by atoms with Gasteiger partial charge in [-0.25, -0.2) is 0 Å². The molecule has 1 aromatic rings. The largest absolute Gasteiger partial charge is 0.490 e. The van der Waals surface area contributed by atoms with Crippen molar-refractivity contribution >= 4 is 0 Å². The van der Waals surface area contributed by atoms with Crippen LogP contribution in [-0.2, 0) is 12.8 Å². The maximum Gasteiger partial charge on any atom is 0.126 e. The Morgan fingerprint density at radius 1 is 0.882 bits per heavy atom. The van der Waals surface area contributed by atoms with E-state index in [1.54, 1.807) is 0 Å². The zero-order chi connectivity index (χ0) is 12.2. The highest BCUT2D eigenvalue weighted by molar-refractivity contribution is 5.60. The van der Waals surface area contributed by atoms with Crippen molar-refractivity contribution in [3.05, 3.63) is 22.3 Å². The van der Waals surface area contributed by atoms with E-state index in [-0.39, 0.29) is 0 Å². The van der Waals surface area contributed by atoms with Crippen molar-refractivity contribution in [2.75, 3.05) is 0 Å². The third-order valence-corrected chi connectivity index (χ3v) is 4.09. The molecule has 0 fully saturated rings. The van der Waals surface area contributed by atoms with Crippen LogP contribution < -0.4 is 9.47 Å². The van der Waals surface area contributed by atoms with E-state index in [1.165, 1.54) is 22.3 Å². The maximum atomic E-state index is 6.05. The molecule has 0 bridgehead atoms. The van der Waals surface area contributed by atoms with Crippen molar-refractivity contribution in [2.45, 2.75) is 59.2 Å². The van der Waals surface area contributed by atoms with Crippen LogP contribution in [0.3, 0.4) is 0 Å². The Kier molecular flexibility index (Phi) is 2.35. The molecule has 1 aromatic carbocycles. The van der Waals surface area contributed by atoms with Crippen LogP contribution in [0, 0.1) is 13.8 Å². The van der Waals surface area contributed by atoms with Crippen molar-refractivity contribution < 1.29 is 9.47 Å². The molecule has 0 aromatic heterocycles. The topological polar surface area (TPSA) is 18.5 Å². The van der Waals surface area contributed by atoms with Gasteiger partial charge in [-0.15, -0.1) is 0 Å². The third-order valence-electron chi connectivity index (χ3n) is 4.09. The van der Waals surface area contributed by atoms with E-state index in [1.807, 2.05) is 0 Å². The first-order chi connectivity index (χ1) is 8.08. The van der Waals surface area contributed by atoms with Gasteiger partial charge in [-0.05, 0) is 51.7 Å². The lowest BCUT2D eigenvalue weighted by Gasteiger charge is -2.27. The van der Waals surface area contributed by atoms with E-state index >= 15 is 0 Å². The minimum absolute atomic E-state index is 0.314. The van der Waals surface area contributed by atoms with Gasteiger partial charge in [0.05, 0.1) is 6.10 Å². The number of hydrogen-bond acceptors (Lipinski definition) is 2. The van der Waals surface area contributed by atoms with E-state index < -0.39 is 0 Å². The Morgan fingerprint density at radius 2 is 1.47 bits per heavy atom. The van der Waals surface area contributed by atoms with Gasteiger partial charge in [-0.3, -0.25) is 0 Å². The Morgan fingerprint density at radius 3 is 2.18 bits per heavy atom. The summed E-state index contributed by atoms with van der Waals surface area (Å²) in [6, 6.07) is 0. The van der Waals surface area contributed by atoms with Crippen molar-refractivity contribution in [1.82, 2.24) is 0 Å². The number of ether oxygens (including phenoxy) is 2. The first kappa shape index (κ1) is 10.9. The Balaban J connectivity index is 2.21. The van der Waals surface area contributed by atoms with Gasteiger partial charge in [0.1, 0.15) is 17.6 Å². The van der Waals surface area contributed by atoms with E-state index in [2.05, 4.69) is 27.7 Å². The smallest absolute Gasteiger partial charge is 0.126 e. The molecule has 0 spiro atoms. The van der Waals surface area contributed by atoms with Crippen LogP contribution >= 0.6 is 0 Å². The molecule has 3 rings (SSSR count). The summed E-state index contributed by atoms with van der Waals surface area (Å²) in [5.74, 6) is 2.27. The lowest BCUT2D eigenvalue weighted by molar-refractivity contribution is 0.190. The summed E-state index contributed by atoms with van der Waals surface area (Å²) in [4.78, 5) is 0. The molecule has 2 unspecified atom stereocenters. The first-order valence-corrected chi connectivity index (χ1v) is 6.56. The third kappa shape index (κ3) is 1.54. The minimum Gasteiger partial charge on any atom is -0.490 e. The summed E-state index contributed by atoms with van der Waals surface area (Å²) in [7, 11) is 0. The number of benzene rings is 1. The quantitative estimate of drug-likeness (QED) is 0.683. The highest BCUT2D eigenvalue weighted by atomic mass is 16.5. The normalized spacial score (nSPS) is 25.9.